The normalized spacial score (nSPS) is 10.8. The zero-order valence-corrected chi connectivity index (χ0v) is 22.1. The predicted octanol–water partition coefficient (Wildman–Crippen LogP) is -0.311. The van der Waals surface area contributed by atoms with E-state index < -0.39 is 23.8 Å². The molecule has 196 valence electrons. The highest BCUT2D eigenvalue weighted by molar-refractivity contribution is 6.05. The van der Waals surface area contributed by atoms with E-state index in [1.807, 2.05) is 0 Å². The number of hydrogen-bond donors (Lipinski definition) is 2. The molecule has 0 radical (unpaired) electrons. The van der Waals surface area contributed by atoms with Crippen LogP contribution in [-0.4, -0.2) is 89.1 Å². The SMILES string of the molecule is C[N+](C)(C)C.C[N+](C)(C)C.O=C([O-])c1ccccc1C(=O)NC=CNC(=O)c1ccccc1C(=O)[O-]. The number of aromatic carboxylic acids is 2. The minimum absolute atomic E-state index is 0.106. The molecule has 0 aliphatic heterocycles. The maximum Gasteiger partial charge on any atom is 0.255 e. The van der Waals surface area contributed by atoms with Crippen LogP contribution in [0.2, 0.25) is 0 Å². The molecule has 36 heavy (non-hydrogen) atoms. The van der Waals surface area contributed by atoms with Gasteiger partial charge < -0.3 is 39.4 Å². The molecular formula is C26H36N4O6. The molecule has 2 amide bonds. The molecule has 0 heterocycles. The average Bonchev–Trinajstić information content (AvgIpc) is 2.74. The molecule has 2 rings (SSSR count). The Morgan fingerprint density at radius 3 is 1.00 bits per heavy atom. The highest BCUT2D eigenvalue weighted by atomic mass is 16.4. The maximum absolute atomic E-state index is 12.0. The van der Waals surface area contributed by atoms with Gasteiger partial charge in [0.05, 0.1) is 68.3 Å². The van der Waals surface area contributed by atoms with Gasteiger partial charge in [-0.1, -0.05) is 36.4 Å². The standard InChI is InChI=1S/C18H14N2O6.2C4H12N/c21-15(11-5-1-3-7-13(11)17(23)24)19-9-10-20-16(22)12-6-2-4-8-14(12)18(25)26;2*1-5(2,3)4/h1-10H,(H,19,21)(H,20,22)(H,23,24)(H,25,26);2*1-4H3/q;2*+1/p-2. The van der Waals surface area contributed by atoms with Gasteiger partial charge in [0.1, 0.15) is 0 Å². The maximum atomic E-state index is 12.0. The fourth-order valence-corrected chi connectivity index (χ4v) is 2.11. The third-order valence-corrected chi connectivity index (χ3v) is 3.30. The molecule has 0 saturated carbocycles. The highest BCUT2D eigenvalue weighted by Crippen LogP contribution is 2.08. The lowest BCUT2D eigenvalue weighted by Crippen LogP contribution is -2.29. The van der Waals surface area contributed by atoms with Crippen LogP contribution in [0.5, 0.6) is 0 Å². The lowest BCUT2D eigenvalue weighted by atomic mass is 10.1. The largest absolute Gasteiger partial charge is 0.545 e. The van der Waals surface area contributed by atoms with Crippen molar-refractivity contribution in [1.82, 2.24) is 10.6 Å². The molecule has 2 aromatic rings. The van der Waals surface area contributed by atoms with Gasteiger partial charge in [0, 0.05) is 34.7 Å². The van der Waals surface area contributed by atoms with E-state index in [-0.39, 0.29) is 22.3 Å². The number of benzene rings is 2. The van der Waals surface area contributed by atoms with E-state index in [9.17, 15) is 29.4 Å². The number of amides is 2. The molecule has 0 aromatic heterocycles. The summed E-state index contributed by atoms with van der Waals surface area (Å²) in [6.45, 7) is 0. The Kier molecular flexibility index (Phi) is 12.8. The van der Waals surface area contributed by atoms with Crippen molar-refractivity contribution in [2.45, 2.75) is 0 Å². The summed E-state index contributed by atoms with van der Waals surface area (Å²) < 4.78 is 2.00. The quantitative estimate of drug-likeness (QED) is 0.522. The van der Waals surface area contributed by atoms with Crippen LogP contribution < -0.4 is 20.8 Å². The van der Waals surface area contributed by atoms with Crippen molar-refractivity contribution >= 4 is 23.8 Å². The van der Waals surface area contributed by atoms with Gasteiger partial charge in [-0.3, -0.25) is 9.59 Å². The van der Waals surface area contributed by atoms with Gasteiger partial charge in [-0.05, 0) is 12.1 Å². The molecule has 0 aliphatic carbocycles. The fourth-order valence-electron chi connectivity index (χ4n) is 2.11. The fraction of sp³-hybridized carbons (Fsp3) is 0.308. The minimum atomic E-state index is -1.49. The van der Waals surface area contributed by atoms with Crippen LogP contribution in [0.15, 0.2) is 60.9 Å². The first-order valence-corrected chi connectivity index (χ1v) is 10.9. The van der Waals surface area contributed by atoms with Crippen LogP contribution in [0.1, 0.15) is 41.4 Å². The number of nitrogens with one attached hydrogen (secondary N) is 2. The number of carbonyl (C=O) groups is 4. The monoisotopic (exact) mass is 500 g/mol. The topological polar surface area (TPSA) is 138 Å². The number of carboxylic acid groups (broad SMARTS) is 2. The van der Waals surface area contributed by atoms with Gasteiger partial charge in [-0.25, -0.2) is 0 Å². The first-order valence-electron chi connectivity index (χ1n) is 10.9. The molecule has 0 saturated heterocycles. The Balaban J connectivity index is 0.00000104. The molecule has 0 fully saturated rings. The molecule has 2 aromatic carbocycles. The lowest BCUT2D eigenvalue weighted by Gasteiger charge is -2.14. The number of hydrogen-bond acceptors (Lipinski definition) is 6. The van der Waals surface area contributed by atoms with Crippen LogP contribution in [0.4, 0.5) is 0 Å². The van der Waals surface area contributed by atoms with Gasteiger partial charge >= 0.3 is 0 Å². The van der Waals surface area contributed by atoms with Gasteiger partial charge in [0.25, 0.3) is 11.8 Å². The number of quaternary nitrogens is 2. The molecule has 10 nitrogen and oxygen atoms in total. The lowest BCUT2D eigenvalue weighted by molar-refractivity contribution is -0.849. The number of rotatable bonds is 6. The second-order valence-corrected chi connectivity index (χ2v) is 10.3. The molecule has 2 N–H and O–H groups in total. The Hall–Kier alpha value is -4.02. The van der Waals surface area contributed by atoms with E-state index >= 15 is 0 Å². The van der Waals surface area contributed by atoms with E-state index in [0.717, 1.165) is 21.4 Å². The van der Waals surface area contributed by atoms with Crippen molar-refractivity contribution in [3.63, 3.8) is 0 Å². The molecule has 10 heteroatoms. The van der Waals surface area contributed by atoms with E-state index in [1.54, 1.807) is 0 Å². The van der Waals surface area contributed by atoms with Crippen molar-refractivity contribution in [2.75, 3.05) is 56.4 Å². The first kappa shape index (κ1) is 32.0. The van der Waals surface area contributed by atoms with Crippen LogP contribution >= 0.6 is 0 Å². The zero-order valence-electron chi connectivity index (χ0n) is 22.1. The summed E-state index contributed by atoms with van der Waals surface area (Å²) in [4.78, 5) is 45.9. The zero-order chi connectivity index (χ0) is 28.1. The van der Waals surface area contributed by atoms with Crippen LogP contribution in [-0.2, 0) is 0 Å². The van der Waals surface area contributed by atoms with E-state index in [2.05, 4.69) is 67.0 Å². The van der Waals surface area contributed by atoms with Crippen molar-refractivity contribution in [1.29, 1.82) is 0 Å². The third kappa shape index (κ3) is 15.0. The van der Waals surface area contributed by atoms with E-state index in [1.165, 1.54) is 48.5 Å². The molecule has 0 aliphatic rings. The summed E-state index contributed by atoms with van der Waals surface area (Å²) in [6, 6.07) is 11.0. The summed E-state index contributed by atoms with van der Waals surface area (Å²) in [5.74, 6) is -4.42. The molecular weight excluding hydrogens is 464 g/mol. The van der Waals surface area contributed by atoms with Gasteiger partial charge in [-0.15, -0.1) is 0 Å². The Labute approximate surface area is 212 Å². The second-order valence-electron chi connectivity index (χ2n) is 10.3. The molecule has 0 bridgehead atoms. The smallest absolute Gasteiger partial charge is 0.255 e. The molecule has 0 spiro atoms. The second kappa shape index (κ2) is 14.4. The highest BCUT2D eigenvalue weighted by Gasteiger charge is 2.11. The van der Waals surface area contributed by atoms with Crippen LogP contribution in [0.3, 0.4) is 0 Å². The van der Waals surface area contributed by atoms with Crippen molar-refractivity contribution in [3.8, 4) is 0 Å². The summed E-state index contributed by atoms with van der Waals surface area (Å²) in [7, 11) is 17.0. The number of nitrogens with zero attached hydrogens (tertiary/aromatic N) is 2. The van der Waals surface area contributed by atoms with E-state index in [0.29, 0.717) is 0 Å². The summed E-state index contributed by atoms with van der Waals surface area (Å²) in [5.41, 5.74) is -0.757. The minimum Gasteiger partial charge on any atom is -0.545 e. The summed E-state index contributed by atoms with van der Waals surface area (Å²) in [6.07, 6.45) is 2.15. The Morgan fingerprint density at radius 2 is 0.778 bits per heavy atom. The summed E-state index contributed by atoms with van der Waals surface area (Å²) >= 11 is 0. The van der Waals surface area contributed by atoms with Crippen molar-refractivity contribution in [2.24, 2.45) is 0 Å². The van der Waals surface area contributed by atoms with Crippen molar-refractivity contribution < 1.29 is 38.4 Å². The summed E-state index contributed by atoms with van der Waals surface area (Å²) in [5, 5.41) is 26.5. The number of carboxylic acids is 2. The average molecular weight is 501 g/mol. The first-order chi connectivity index (χ1) is 16.4. The van der Waals surface area contributed by atoms with Crippen molar-refractivity contribution in [3.05, 3.63) is 83.2 Å². The van der Waals surface area contributed by atoms with Crippen LogP contribution in [0, 0.1) is 0 Å². The Morgan fingerprint density at radius 1 is 0.556 bits per heavy atom. The predicted molar refractivity (Wildman–Crippen MR) is 134 cm³/mol. The number of carbonyl (C=O) groups excluding carboxylic acids is 4. The van der Waals surface area contributed by atoms with Gasteiger partial charge in [0.15, 0.2) is 0 Å². The molecule has 0 unspecified atom stereocenters. The van der Waals surface area contributed by atoms with Crippen LogP contribution in [0.25, 0.3) is 0 Å². The molecule has 0 atom stereocenters. The van der Waals surface area contributed by atoms with E-state index in [4.69, 9.17) is 0 Å². The third-order valence-electron chi connectivity index (χ3n) is 3.30. The van der Waals surface area contributed by atoms with Gasteiger partial charge in [-0.2, -0.15) is 0 Å². The van der Waals surface area contributed by atoms with Gasteiger partial charge in [0.2, 0.25) is 0 Å². The Bertz CT molecular complexity index is 985.